The molecule has 0 aromatic rings. The van der Waals surface area contributed by atoms with Crippen molar-refractivity contribution in [2.75, 3.05) is 0 Å². The third kappa shape index (κ3) is 0.219. The molecule has 0 heterocycles. The summed E-state index contributed by atoms with van der Waals surface area (Å²) in [5, 5.41) is 0. The molecule has 10 heavy (non-hydrogen) atoms. The molecule has 0 aromatic heterocycles. The van der Waals surface area contributed by atoms with Crippen LogP contribution in [0, 0.1) is 16.7 Å². The summed E-state index contributed by atoms with van der Waals surface area (Å²) < 4.78 is 0. The Balaban J connectivity index is 2.16. The molecule has 2 N–H and O–H groups in total. The van der Waals surface area contributed by atoms with Gasteiger partial charge < -0.3 is 5.73 Å². The van der Waals surface area contributed by atoms with Gasteiger partial charge in [-0.2, -0.15) is 0 Å². The average Bonchev–Trinajstić information content (AvgIpc) is 2.19. The molecular weight excluding hydrogens is 122 g/mol. The molecule has 4 atom stereocenters. The summed E-state index contributed by atoms with van der Waals surface area (Å²) in [5.74, 6) is 0.894. The maximum atomic E-state index is 6.26. The van der Waals surface area contributed by atoms with E-state index >= 15 is 0 Å². The summed E-state index contributed by atoms with van der Waals surface area (Å²) in [5.41, 5.74) is 7.76. The van der Waals surface area contributed by atoms with Gasteiger partial charge in [-0.3, -0.25) is 0 Å². The largest absolute Gasteiger partial charge is 0.324 e. The van der Waals surface area contributed by atoms with Crippen molar-refractivity contribution >= 4 is 0 Å². The van der Waals surface area contributed by atoms with Gasteiger partial charge in [-0.1, -0.05) is 13.8 Å². The van der Waals surface area contributed by atoms with E-state index in [4.69, 9.17) is 5.73 Å². The molecule has 1 heteroatoms. The Bertz CT molecular complexity index is 207. The quantitative estimate of drug-likeness (QED) is 0.538. The molecule has 0 aromatic carbocycles. The van der Waals surface area contributed by atoms with Gasteiger partial charge in [0.1, 0.15) is 0 Å². The summed E-state index contributed by atoms with van der Waals surface area (Å²) in [7, 11) is 0. The summed E-state index contributed by atoms with van der Waals surface area (Å²) in [4.78, 5) is 0. The fourth-order valence-electron chi connectivity index (χ4n) is 4.33. The number of hydrogen-bond acceptors (Lipinski definition) is 1. The zero-order valence-corrected chi connectivity index (χ0v) is 6.78. The first-order valence-corrected chi connectivity index (χ1v) is 4.33. The molecule has 5 aliphatic carbocycles. The van der Waals surface area contributed by atoms with Gasteiger partial charge in [0.25, 0.3) is 0 Å². The highest BCUT2D eigenvalue weighted by atomic mass is 15.1. The van der Waals surface area contributed by atoms with Gasteiger partial charge in [-0.05, 0) is 36.0 Å². The second-order valence-corrected chi connectivity index (χ2v) is 5.06. The first-order chi connectivity index (χ1) is 4.55. The minimum Gasteiger partial charge on any atom is -0.324 e. The molecule has 5 aliphatic rings. The molecule has 0 aliphatic heterocycles. The highest BCUT2D eigenvalue weighted by Crippen LogP contribution is 2.87. The Morgan fingerprint density at radius 2 is 2.10 bits per heavy atom. The van der Waals surface area contributed by atoms with Gasteiger partial charge in [0.2, 0.25) is 0 Å². The van der Waals surface area contributed by atoms with Crippen LogP contribution in [-0.2, 0) is 0 Å². The molecule has 1 nitrogen and oxygen atoms in total. The van der Waals surface area contributed by atoms with Crippen LogP contribution in [0.25, 0.3) is 0 Å². The van der Waals surface area contributed by atoms with Crippen LogP contribution in [0.4, 0.5) is 0 Å². The molecule has 5 fully saturated rings. The van der Waals surface area contributed by atoms with Crippen molar-refractivity contribution < 1.29 is 0 Å². The van der Waals surface area contributed by atoms with Crippen molar-refractivity contribution in [2.45, 2.75) is 38.6 Å². The molecule has 5 rings (SSSR count). The second kappa shape index (κ2) is 0.989. The maximum Gasteiger partial charge on any atom is 0.0253 e. The van der Waals surface area contributed by atoms with Crippen LogP contribution in [0.1, 0.15) is 33.1 Å². The zero-order chi connectivity index (χ0) is 7.20. The molecule has 0 saturated heterocycles. The SMILES string of the molecule is C[C@@]12CC[C@@H]3[C@]1(N)C[C@]32C. The third-order valence-corrected chi connectivity index (χ3v) is 5.27. The normalized spacial score (nSPS) is 76.5. The maximum absolute atomic E-state index is 6.26. The van der Waals surface area contributed by atoms with Crippen molar-refractivity contribution in [3.05, 3.63) is 0 Å². The van der Waals surface area contributed by atoms with Crippen molar-refractivity contribution in [2.24, 2.45) is 22.5 Å². The van der Waals surface area contributed by atoms with Crippen molar-refractivity contribution in [1.29, 1.82) is 0 Å². The predicted octanol–water partition coefficient (Wildman–Crippen LogP) is 1.52. The van der Waals surface area contributed by atoms with Crippen LogP contribution in [0.3, 0.4) is 0 Å². The lowest BCUT2D eigenvalue weighted by Crippen LogP contribution is -2.86. The van der Waals surface area contributed by atoms with E-state index in [1.165, 1.54) is 19.3 Å². The molecule has 0 spiro atoms. The van der Waals surface area contributed by atoms with Gasteiger partial charge in [0, 0.05) is 5.54 Å². The Kier molecular flexibility index (Phi) is 0.553. The Morgan fingerprint density at radius 3 is 2.30 bits per heavy atom. The fourth-order valence-corrected chi connectivity index (χ4v) is 4.33. The minimum absolute atomic E-state index is 0.293. The molecule has 0 radical (unpaired) electrons. The molecule has 4 bridgehead atoms. The van der Waals surface area contributed by atoms with Crippen LogP contribution in [0.2, 0.25) is 0 Å². The predicted molar refractivity (Wildman–Crippen MR) is 40.5 cm³/mol. The van der Waals surface area contributed by atoms with E-state index in [2.05, 4.69) is 13.8 Å². The first kappa shape index (κ1) is 5.59. The van der Waals surface area contributed by atoms with Gasteiger partial charge >= 0.3 is 0 Å². The van der Waals surface area contributed by atoms with Crippen molar-refractivity contribution in [3.63, 3.8) is 0 Å². The minimum atomic E-state index is 0.293. The van der Waals surface area contributed by atoms with Crippen LogP contribution >= 0.6 is 0 Å². The number of fused-ring (bicyclic) bond motifs is 1. The van der Waals surface area contributed by atoms with Crippen LogP contribution in [-0.4, -0.2) is 5.54 Å². The zero-order valence-electron chi connectivity index (χ0n) is 6.78. The number of rotatable bonds is 0. The van der Waals surface area contributed by atoms with Gasteiger partial charge in [-0.25, -0.2) is 0 Å². The van der Waals surface area contributed by atoms with Gasteiger partial charge in [0.15, 0.2) is 0 Å². The van der Waals surface area contributed by atoms with E-state index < -0.39 is 0 Å². The summed E-state index contributed by atoms with van der Waals surface area (Å²) in [6, 6.07) is 0. The van der Waals surface area contributed by atoms with E-state index in [0.717, 1.165) is 5.92 Å². The lowest BCUT2D eigenvalue weighted by molar-refractivity contribution is -0.285. The topological polar surface area (TPSA) is 26.0 Å². The highest BCUT2D eigenvalue weighted by Gasteiger charge is 2.87. The Hall–Kier alpha value is -0.0400. The molecule has 0 amide bonds. The van der Waals surface area contributed by atoms with Gasteiger partial charge in [0.05, 0.1) is 0 Å². The Labute approximate surface area is 62.0 Å². The second-order valence-electron chi connectivity index (χ2n) is 5.06. The highest BCUT2D eigenvalue weighted by molar-refractivity contribution is 5.40. The molecule has 56 valence electrons. The Morgan fingerprint density at radius 1 is 1.40 bits per heavy atom. The lowest BCUT2D eigenvalue weighted by Gasteiger charge is -2.81. The van der Waals surface area contributed by atoms with Crippen LogP contribution < -0.4 is 5.73 Å². The molecule has 0 unspecified atom stereocenters. The van der Waals surface area contributed by atoms with Crippen LogP contribution in [0.15, 0.2) is 0 Å². The van der Waals surface area contributed by atoms with E-state index in [1.54, 1.807) is 0 Å². The summed E-state index contributed by atoms with van der Waals surface area (Å²) >= 11 is 0. The monoisotopic (exact) mass is 137 g/mol. The molecular formula is C9H15N. The molecule has 5 saturated carbocycles. The van der Waals surface area contributed by atoms with E-state index in [0.29, 0.717) is 16.4 Å². The smallest absolute Gasteiger partial charge is 0.0253 e. The van der Waals surface area contributed by atoms with E-state index in [9.17, 15) is 0 Å². The van der Waals surface area contributed by atoms with Crippen molar-refractivity contribution in [3.8, 4) is 0 Å². The number of nitrogens with two attached hydrogens (primary N) is 1. The standard InChI is InChI=1S/C9H15N/c1-7-5-9(10)6(7)3-4-8(7,9)2/h6H,3-5,10H2,1-2H3/t6-,7+,8-,9+/m0/s1. The van der Waals surface area contributed by atoms with Gasteiger partial charge in [-0.15, -0.1) is 0 Å². The van der Waals surface area contributed by atoms with Crippen molar-refractivity contribution in [1.82, 2.24) is 0 Å². The lowest BCUT2D eigenvalue weighted by atomic mass is 9.26. The average molecular weight is 137 g/mol. The summed E-state index contributed by atoms with van der Waals surface area (Å²) in [6.07, 6.45) is 4.11. The fraction of sp³-hybridized carbons (Fsp3) is 1.00. The number of hydrogen-bond donors (Lipinski definition) is 1. The van der Waals surface area contributed by atoms with Crippen LogP contribution in [0.5, 0.6) is 0 Å². The summed E-state index contributed by atoms with van der Waals surface area (Å²) in [6.45, 7) is 4.82. The van der Waals surface area contributed by atoms with E-state index in [-0.39, 0.29) is 0 Å². The third-order valence-electron chi connectivity index (χ3n) is 5.27. The van der Waals surface area contributed by atoms with E-state index in [1.807, 2.05) is 0 Å². The first-order valence-electron chi connectivity index (χ1n) is 4.33.